The zero-order valence-corrected chi connectivity index (χ0v) is 9.80. The summed E-state index contributed by atoms with van der Waals surface area (Å²) in [5.74, 6) is 0.871. The molecule has 0 amide bonds. The van der Waals surface area contributed by atoms with Gasteiger partial charge in [0.15, 0.2) is 5.82 Å². The van der Waals surface area contributed by atoms with Crippen molar-refractivity contribution in [3.63, 3.8) is 0 Å². The second-order valence-corrected chi connectivity index (χ2v) is 4.11. The molecule has 4 heteroatoms. The van der Waals surface area contributed by atoms with E-state index in [-0.39, 0.29) is 5.92 Å². The van der Waals surface area contributed by atoms with Crippen LogP contribution in [0.3, 0.4) is 0 Å². The molecule has 0 saturated carbocycles. The molecule has 0 aromatic carbocycles. The van der Waals surface area contributed by atoms with Crippen LogP contribution in [0.1, 0.15) is 13.8 Å². The van der Waals surface area contributed by atoms with Gasteiger partial charge in [0.2, 0.25) is 0 Å². The van der Waals surface area contributed by atoms with Crippen molar-refractivity contribution in [2.45, 2.75) is 13.8 Å². The lowest BCUT2D eigenvalue weighted by molar-refractivity contribution is 0.898. The molecule has 13 heavy (non-hydrogen) atoms. The maximum atomic E-state index is 5.90. The Hall–Kier alpha value is -0.410. The number of halogens is 2. The average Bonchev–Trinajstić information content (AvgIpc) is 2.04. The fraction of sp³-hybridized carbons (Fsp3) is 0.333. The summed E-state index contributed by atoms with van der Waals surface area (Å²) in [5, 5.41) is 0.575. The molecular formula is C9H10BrClN2. The number of pyridine rings is 1. The van der Waals surface area contributed by atoms with Gasteiger partial charge >= 0.3 is 0 Å². The summed E-state index contributed by atoms with van der Waals surface area (Å²) in [6.07, 6.45) is 0. The molecule has 70 valence electrons. The molecule has 0 atom stereocenters. The van der Waals surface area contributed by atoms with Gasteiger partial charge in [-0.2, -0.15) is 0 Å². The van der Waals surface area contributed by atoms with E-state index in [0.717, 1.165) is 4.60 Å². The lowest BCUT2D eigenvalue weighted by atomic mass is 10.2. The molecule has 0 spiro atoms. The molecule has 0 radical (unpaired) electrons. The Morgan fingerprint density at radius 1 is 1.54 bits per heavy atom. The van der Waals surface area contributed by atoms with Gasteiger partial charge in [-0.05, 0) is 28.1 Å². The fourth-order valence-electron chi connectivity index (χ4n) is 0.698. The van der Waals surface area contributed by atoms with Gasteiger partial charge in [0.1, 0.15) is 9.77 Å². The predicted octanol–water partition coefficient (Wildman–Crippen LogP) is 3.77. The van der Waals surface area contributed by atoms with Crippen LogP contribution in [0.15, 0.2) is 27.8 Å². The van der Waals surface area contributed by atoms with E-state index >= 15 is 0 Å². The van der Waals surface area contributed by atoms with Crippen LogP contribution >= 0.6 is 27.5 Å². The number of nitrogens with zero attached hydrogens (tertiary/aromatic N) is 2. The summed E-state index contributed by atoms with van der Waals surface area (Å²) in [4.78, 5) is 8.30. The van der Waals surface area contributed by atoms with E-state index in [1.54, 1.807) is 0 Å². The van der Waals surface area contributed by atoms with Gasteiger partial charge in [0.25, 0.3) is 0 Å². The SMILES string of the molecule is CC(C)C(Cl)=Nc1cccc(Br)n1. The van der Waals surface area contributed by atoms with Crippen molar-refractivity contribution in [1.29, 1.82) is 0 Å². The number of aromatic nitrogens is 1. The van der Waals surface area contributed by atoms with Gasteiger partial charge in [0.05, 0.1) is 0 Å². The topological polar surface area (TPSA) is 25.2 Å². The van der Waals surface area contributed by atoms with E-state index in [0.29, 0.717) is 11.0 Å². The summed E-state index contributed by atoms with van der Waals surface area (Å²) in [6, 6.07) is 5.54. The first-order chi connectivity index (χ1) is 6.09. The number of hydrogen-bond donors (Lipinski definition) is 0. The maximum Gasteiger partial charge on any atom is 0.154 e. The smallest absolute Gasteiger partial charge is 0.154 e. The van der Waals surface area contributed by atoms with Crippen LogP contribution in [-0.2, 0) is 0 Å². The van der Waals surface area contributed by atoms with E-state index in [1.165, 1.54) is 0 Å². The van der Waals surface area contributed by atoms with E-state index in [9.17, 15) is 0 Å². The minimum Gasteiger partial charge on any atom is -0.222 e. The summed E-state index contributed by atoms with van der Waals surface area (Å²) >= 11 is 9.16. The highest BCUT2D eigenvalue weighted by molar-refractivity contribution is 9.10. The molecule has 0 aliphatic heterocycles. The van der Waals surface area contributed by atoms with Gasteiger partial charge in [-0.25, -0.2) is 9.98 Å². The monoisotopic (exact) mass is 260 g/mol. The minimum absolute atomic E-state index is 0.238. The van der Waals surface area contributed by atoms with Crippen molar-refractivity contribution in [1.82, 2.24) is 4.98 Å². The number of hydrogen-bond acceptors (Lipinski definition) is 2. The highest BCUT2D eigenvalue weighted by Crippen LogP contribution is 2.15. The first-order valence-electron chi connectivity index (χ1n) is 3.96. The Kier molecular flexibility index (Phi) is 3.88. The first-order valence-corrected chi connectivity index (χ1v) is 5.13. The molecule has 0 aliphatic carbocycles. The third kappa shape index (κ3) is 3.44. The Balaban J connectivity index is 2.91. The molecule has 0 fully saturated rings. The number of rotatable bonds is 2. The molecular weight excluding hydrogens is 251 g/mol. The van der Waals surface area contributed by atoms with Crippen LogP contribution in [0, 0.1) is 5.92 Å². The second-order valence-electron chi connectivity index (χ2n) is 2.91. The van der Waals surface area contributed by atoms with Crippen LogP contribution in [0.25, 0.3) is 0 Å². The summed E-state index contributed by atoms with van der Waals surface area (Å²) in [6.45, 7) is 3.98. The Morgan fingerprint density at radius 2 is 2.23 bits per heavy atom. The second kappa shape index (κ2) is 4.72. The Labute approximate surface area is 91.2 Å². The quantitative estimate of drug-likeness (QED) is 0.588. The van der Waals surface area contributed by atoms with E-state index in [2.05, 4.69) is 25.9 Å². The minimum atomic E-state index is 0.238. The standard InChI is InChI=1S/C9H10BrClN2/c1-6(2)9(11)13-8-5-3-4-7(10)12-8/h3-6H,1-2H3. The average molecular weight is 262 g/mol. The van der Waals surface area contributed by atoms with Gasteiger partial charge in [0, 0.05) is 5.92 Å². The Bertz CT molecular complexity index is 323. The molecule has 2 nitrogen and oxygen atoms in total. The first kappa shape index (κ1) is 10.7. The fourth-order valence-corrected chi connectivity index (χ4v) is 1.12. The van der Waals surface area contributed by atoms with Gasteiger partial charge in [-0.15, -0.1) is 0 Å². The summed E-state index contributed by atoms with van der Waals surface area (Å²) in [7, 11) is 0. The van der Waals surface area contributed by atoms with Crippen LogP contribution < -0.4 is 0 Å². The molecule has 0 bridgehead atoms. The highest BCUT2D eigenvalue weighted by Gasteiger charge is 2.01. The third-order valence-electron chi connectivity index (χ3n) is 1.40. The molecule has 0 unspecified atom stereocenters. The molecule has 1 heterocycles. The zero-order chi connectivity index (χ0) is 9.84. The van der Waals surface area contributed by atoms with Crippen molar-refractivity contribution in [3.8, 4) is 0 Å². The maximum absolute atomic E-state index is 5.90. The molecule has 0 N–H and O–H groups in total. The zero-order valence-electron chi connectivity index (χ0n) is 7.46. The largest absolute Gasteiger partial charge is 0.222 e. The molecule has 1 aromatic heterocycles. The van der Waals surface area contributed by atoms with Crippen LogP contribution in [0.5, 0.6) is 0 Å². The lowest BCUT2D eigenvalue weighted by Crippen LogP contribution is -1.97. The number of aliphatic imine (C=N–C) groups is 1. The highest BCUT2D eigenvalue weighted by atomic mass is 79.9. The van der Waals surface area contributed by atoms with Gasteiger partial charge < -0.3 is 0 Å². The van der Waals surface area contributed by atoms with Crippen molar-refractivity contribution < 1.29 is 0 Å². The van der Waals surface area contributed by atoms with E-state index < -0.39 is 0 Å². The van der Waals surface area contributed by atoms with E-state index in [4.69, 9.17) is 11.6 Å². The molecule has 1 aromatic rings. The summed E-state index contributed by atoms with van der Waals surface area (Å²) < 4.78 is 0.766. The lowest BCUT2D eigenvalue weighted by Gasteiger charge is -2.00. The van der Waals surface area contributed by atoms with Crippen LogP contribution in [0.4, 0.5) is 5.82 Å². The molecule has 0 saturated heterocycles. The van der Waals surface area contributed by atoms with Crippen molar-refractivity contribution in [2.24, 2.45) is 10.9 Å². The predicted molar refractivity (Wildman–Crippen MR) is 59.7 cm³/mol. The van der Waals surface area contributed by atoms with Crippen LogP contribution in [0.2, 0.25) is 0 Å². The summed E-state index contributed by atoms with van der Waals surface area (Å²) in [5.41, 5.74) is 0. The third-order valence-corrected chi connectivity index (χ3v) is 2.36. The van der Waals surface area contributed by atoms with Crippen molar-refractivity contribution in [2.75, 3.05) is 0 Å². The van der Waals surface area contributed by atoms with Crippen molar-refractivity contribution >= 4 is 38.5 Å². The van der Waals surface area contributed by atoms with Gasteiger partial charge in [-0.3, -0.25) is 0 Å². The van der Waals surface area contributed by atoms with E-state index in [1.807, 2.05) is 32.0 Å². The van der Waals surface area contributed by atoms with Gasteiger partial charge in [-0.1, -0.05) is 31.5 Å². The van der Waals surface area contributed by atoms with Crippen molar-refractivity contribution in [3.05, 3.63) is 22.8 Å². The molecule has 1 rings (SSSR count). The normalized spacial score (nSPS) is 12.2. The van der Waals surface area contributed by atoms with Crippen LogP contribution in [-0.4, -0.2) is 10.2 Å². The molecule has 0 aliphatic rings. The Morgan fingerprint density at radius 3 is 2.77 bits per heavy atom.